The Bertz CT molecular complexity index is 543. The largest absolute Gasteiger partial charge is 0.319 e. The Labute approximate surface area is 98.9 Å². The highest BCUT2D eigenvalue weighted by Crippen LogP contribution is 2.08. The minimum absolute atomic E-state index is 0.465. The van der Waals surface area contributed by atoms with Crippen molar-refractivity contribution in [1.82, 2.24) is 15.0 Å². The molecule has 0 atom stereocenters. The van der Waals surface area contributed by atoms with Gasteiger partial charge in [0.15, 0.2) is 4.77 Å². The number of rotatable bonds is 3. The fourth-order valence-corrected chi connectivity index (χ4v) is 1.56. The zero-order valence-corrected chi connectivity index (χ0v) is 9.50. The van der Waals surface area contributed by atoms with Gasteiger partial charge in [0.2, 0.25) is 0 Å². The Morgan fingerprint density at radius 1 is 1.25 bits per heavy atom. The van der Waals surface area contributed by atoms with Crippen molar-refractivity contribution in [3.63, 3.8) is 0 Å². The molecule has 0 radical (unpaired) electrons. The SMILES string of the molecule is C=Cc1ccc(Cc2ncnc(=S)[nH]2)cc1. The first-order valence-corrected chi connectivity index (χ1v) is 5.30. The number of nitrogens with zero attached hydrogens (tertiary/aromatic N) is 2. The van der Waals surface area contributed by atoms with Crippen molar-refractivity contribution < 1.29 is 0 Å². The molecule has 0 amide bonds. The average molecular weight is 229 g/mol. The number of nitrogens with one attached hydrogen (secondary N) is 1. The standard InChI is InChI=1S/C12H11N3S/c1-2-9-3-5-10(6-4-9)7-11-13-8-14-12(16)15-11/h2-6,8H,1,7H2,(H,13,14,15,16). The lowest BCUT2D eigenvalue weighted by molar-refractivity contribution is 0.905. The lowest BCUT2D eigenvalue weighted by Gasteiger charge is -2.01. The lowest BCUT2D eigenvalue weighted by atomic mass is 10.1. The molecule has 80 valence electrons. The number of aromatic nitrogens is 3. The van der Waals surface area contributed by atoms with E-state index in [1.807, 2.05) is 18.2 Å². The maximum atomic E-state index is 4.94. The highest BCUT2D eigenvalue weighted by molar-refractivity contribution is 7.71. The first-order chi connectivity index (χ1) is 7.78. The third-order valence-corrected chi connectivity index (χ3v) is 2.43. The van der Waals surface area contributed by atoms with E-state index in [0.717, 1.165) is 17.8 Å². The normalized spacial score (nSPS) is 10.0. The molecule has 0 bridgehead atoms. The minimum Gasteiger partial charge on any atom is -0.319 e. The van der Waals surface area contributed by atoms with Gasteiger partial charge < -0.3 is 4.98 Å². The molecule has 1 N–H and O–H groups in total. The second-order valence-electron chi connectivity index (χ2n) is 3.37. The summed E-state index contributed by atoms with van der Waals surface area (Å²) in [5.74, 6) is 0.825. The first kappa shape index (κ1) is 10.7. The highest BCUT2D eigenvalue weighted by atomic mass is 32.1. The smallest absolute Gasteiger partial charge is 0.199 e. The fourth-order valence-electron chi connectivity index (χ4n) is 1.39. The van der Waals surface area contributed by atoms with Crippen molar-refractivity contribution in [2.45, 2.75) is 6.42 Å². The van der Waals surface area contributed by atoms with E-state index < -0.39 is 0 Å². The summed E-state index contributed by atoms with van der Waals surface area (Å²) in [6.45, 7) is 3.72. The van der Waals surface area contributed by atoms with Gasteiger partial charge in [-0.15, -0.1) is 0 Å². The summed E-state index contributed by atoms with van der Waals surface area (Å²) < 4.78 is 0.465. The van der Waals surface area contributed by atoms with E-state index in [1.165, 1.54) is 11.9 Å². The molecule has 0 aliphatic carbocycles. The van der Waals surface area contributed by atoms with Gasteiger partial charge in [0.05, 0.1) is 0 Å². The third-order valence-electron chi connectivity index (χ3n) is 2.23. The Hall–Kier alpha value is -1.81. The fraction of sp³-hybridized carbons (Fsp3) is 0.0833. The second kappa shape index (κ2) is 4.81. The first-order valence-electron chi connectivity index (χ1n) is 4.89. The van der Waals surface area contributed by atoms with Crippen LogP contribution in [0, 0.1) is 4.77 Å². The molecule has 1 aromatic heterocycles. The van der Waals surface area contributed by atoms with E-state index >= 15 is 0 Å². The second-order valence-corrected chi connectivity index (χ2v) is 3.76. The summed E-state index contributed by atoms with van der Waals surface area (Å²) >= 11 is 4.94. The maximum absolute atomic E-state index is 4.94. The molecule has 3 nitrogen and oxygen atoms in total. The predicted octanol–water partition coefficient (Wildman–Crippen LogP) is 2.77. The van der Waals surface area contributed by atoms with Crippen LogP contribution in [0.3, 0.4) is 0 Å². The van der Waals surface area contributed by atoms with Crippen LogP contribution < -0.4 is 0 Å². The van der Waals surface area contributed by atoms with Gasteiger partial charge in [-0.25, -0.2) is 9.97 Å². The van der Waals surface area contributed by atoms with Crippen LogP contribution in [-0.4, -0.2) is 15.0 Å². The zero-order valence-electron chi connectivity index (χ0n) is 8.68. The van der Waals surface area contributed by atoms with Crippen LogP contribution in [0.15, 0.2) is 37.2 Å². The van der Waals surface area contributed by atoms with Gasteiger partial charge in [-0.3, -0.25) is 0 Å². The summed E-state index contributed by atoms with van der Waals surface area (Å²) in [7, 11) is 0. The van der Waals surface area contributed by atoms with Crippen LogP contribution in [0.1, 0.15) is 17.0 Å². The molecule has 0 saturated heterocycles. The molecule has 1 aromatic carbocycles. The number of aromatic amines is 1. The van der Waals surface area contributed by atoms with Crippen molar-refractivity contribution in [3.8, 4) is 0 Å². The van der Waals surface area contributed by atoms with Crippen molar-refractivity contribution >= 4 is 18.3 Å². The Kier molecular flexibility index (Phi) is 3.22. The molecule has 0 spiro atoms. The third kappa shape index (κ3) is 2.61. The highest BCUT2D eigenvalue weighted by Gasteiger charge is 1.97. The van der Waals surface area contributed by atoms with Crippen molar-refractivity contribution in [1.29, 1.82) is 0 Å². The van der Waals surface area contributed by atoms with Crippen LogP contribution >= 0.6 is 12.2 Å². The number of H-pyrrole nitrogens is 1. The van der Waals surface area contributed by atoms with E-state index in [1.54, 1.807) is 0 Å². The topological polar surface area (TPSA) is 41.6 Å². The van der Waals surface area contributed by atoms with Crippen LogP contribution in [0.5, 0.6) is 0 Å². The van der Waals surface area contributed by atoms with Gasteiger partial charge in [0.25, 0.3) is 0 Å². The van der Waals surface area contributed by atoms with Crippen molar-refractivity contribution in [3.05, 3.63) is 58.9 Å². The van der Waals surface area contributed by atoms with Gasteiger partial charge in [-0.1, -0.05) is 36.9 Å². The van der Waals surface area contributed by atoms with E-state index in [4.69, 9.17) is 12.2 Å². The Morgan fingerprint density at radius 3 is 2.62 bits per heavy atom. The van der Waals surface area contributed by atoms with Crippen LogP contribution in [0.4, 0.5) is 0 Å². The summed E-state index contributed by atoms with van der Waals surface area (Å²) in [6.07, 6.45) is 4.03. The number of benzene rings is 1. The summed E-state index contributed by atoms with van der Waals surface area (Å²) in [4.78, 5) is 10.9. The molecule has 0 aliphatic rings. The Morgan fingerprint density at radius 2 is 2.00 bits per heavy atom. The molecule has 0 fully saturated rings. The van der Waals surface area contributed by atoms with Crippen molar-refractivity contribution in [2.24, 2.45) is 0 Å². The van der Waals surface area contributed by atoms with E-state index in [0.29, 0.717) is 4.77 Å². The van der Waals surface area contributed by atoms with Gasteiger partial charge >= 0.3 is 0 Å². The number of hydrogen-bond donors (Lipinski definition) is 1. The van der Waals surface area contributed by atoms with Gasteiger partial charge in [-0.05, 0) is 23.3 Å². The Balaban J connectivity index is 2.20. The van der Waals surface area contributed by atoms with E-state index in [9.17, 15) is 0 Å². The monoisotopic (exact) mass is 229 g/mol. The molecule has 0 saturated carbocycles. The van der Waals surface area contributed by atoms with Gasteiger partial charge in [0, 0.05) is 6.42 Å². The molecule has 16 heavy (non-hydrogen) atoms. The van der Waals surface area contributed by atoms with Crippen molar-refractivity contribution in [2.75, 3.05) is 0 Å². The van der Waals surface area contributed by atoms with E-state index in [2.05, 4.69) is 33.7 Å². The van der Waals surface area contributed by atoms with Crippen LogP contribution in [0.2, 0.25) is 0 Å². The predicted molar refractivity (Wildman–Crippen MR) is 66.6 cm³/mol. The maximum Gasteiger partial charge on any atom is 0.199 e. The summed E-state index contributed by atoms with van der Waals surface area (Å²) in [6, 6.07) is 8.16. The molecule has 0 aliphatic heterocycles. The summed E-state index contributed by atoms with van der Waals surface area (Å²) in [5.41, 5.74) is 2.29. The van der Waals surface area contributed by atoms with Crippen LogP contribution in [-0.2, 0) is 6.42 Å². The molecular formula is C12H11N3S. The average Bonchev–Trinajstić information content (AvgIpc) is 2.30. The lowest BCUT2D eigenvalue weighted by Crippen LogP contribution is -1.97. The molecule has 1 heterocycles. The van der Waals surface area contributed by atoms with Gasteiger partial charge in [-0.2, -0.15) is 0 Å². The number of hydrogen-bond acceptors (Lipinski definition) is 3. The molecular weight excluding hydrogens is 218 g/mol. The minimum atomic E-state index is 0.465. The summed E-state index contributed by atoms with van der Waals surface area (Å²) in [5, 5.41) is 0. The van der Waals surface area contributed by atoms with Crippen LogP contribution in [0.25, 0.3) is 6.08 Å². The molecule has 4 heteroatoms. The molecule has 2 aromatic rings. The zero-order chi connectivity index (χ0) is 11.4. The molecule has 0 unspecified atom stereocenters. The quantitative estimate of drug-likeness (QED) is 0.823. The molecule has 2 rings (SSSR count). The van der Waals surface area contributed by atoms with Gasteiger partial charge in [0.1, 0.15) is 12.2 Å². The van der Waals surface area contributed by atoms with E-state index in [-0.39, 0.29) is 0 Å².